The Labute approximate surface area is 115 Å². The van der Waals surface area contributed by atoms with E-state index in [0.29, 0.717) is 19.0 Å². The van der Waals surface area contributed by atoms with Crippen LogP contribution in [0.2, 0.25) is 0 Å². The molecule has 0 spiro atoms. The van der Waals surface area contributed by atoms with E-state index >= 15 is 0 Å². The zero-order chi connectivity index (χ0) is 14.1. The molecule has 0 radical (unpaired) electrons. The number of hydrogen-bond acceptors (Lipinski definition) is 3. The van der Waals surface area contributed by atoms with Crippen LogP contribution in [0, 0.1) is 0 Å². The molecule has 0 fully saturated rings. The molecule has 0 bridgehead atoms. The zero-order valence-electron chi connectivity index (χ0n) is 12.1. The molecule has 0 saturated carbocycles. The normalized spacial score (nSPS) is 11.7. The lowest BCUT2D eigenvalue weighted by atomic mass is 9.99. The molecule has 0 aromatic carbocycles. The summed E-state index contributed by atoms with van der Waals surface area (Å²) in [7, 11) is 1.73. The topological polar surface area (TPSA) is 62.5 Å². The van der Waals surface area contributed by atoms with Crippen molar-refractivity contribution in [3.05, 3.63) is 30.2 Å². The molecule has 0 amide bonds. The van der Waals surface area contributed by atoms with Gasteiger partial charge in [0, 0.05) is 25.6 Å². The number of rotatable bonds is 7. The first-order valence-electron chi connectivity index (χ1n) is 6.76. The number of nitrogens with zero attached hydrogens (tertiary/aromatic N) is 2. The van der Waals surface area contributed by atoms with Gasteiger partial charge < -0.3 is 15.2 Å². The van der Waals surface area contributed by atoms with Crippen LogP contribution in [0.15, 0.2) is 28.2 Å². The van der Waals surface area contributed by atoms with Gasteiger partial charge in [-0.05, 0) is 12.8 Å². The highest BCUT2D eigenvalue weighted by atomic mass is 16.5. The first-order chi connectivity index (χ1) is 9.24. The van der Waals surface area contributed by atoms with Crippen molar-refractivity contribution >= 4 is 5.96 Å². The van der Waals surface area contributed by atoms with Crippen LogP contribution in [0.5, 0.6) is 0 Å². The van der Waals surface area contributed by atoms with Gasteiger partial charge in [-0.3, -0.25) is 4.99 Å². The lowest BCUT2D eigenvalue weighted by Crippen LogP contribution is -2.36. The van der Waals surface area contributed by atoms with E-state index in [9.17, 15) is 0 Å². The molecule has 106 valence electrons. The monoisotopic (exact) mass is 264 g/mol. The number of aliphatic imine (C=N–C) groups is 1. The SMILES string of the molecule is C=CCNC(=NC)NCc1cc(C(CC)CC)no1. The fraction of sp³-hybridized carbons (Fsp3) is 0.571. The third-order valence-electron chi connectivity index (χ3n) is 3.05. The van der Waals surface area contributed by atoms with Crippen molar-refractivity contribution < 1.29 is 4.52 Å². The summed E-state index contributed by atoms with van der Waals surface area (Å²) in [4.78, 5) is 4.10. The molecular formula is C14H24N4O. The standard InChI is InChI=1S/C14H24N4O/c1-5-8-16-14(15-4)17-10-12-9-13(18-19-12)11(6-2)7-3/h5,9,11H,1,6-8,10H2,2-4H3,(H2,15,16,17). The van der Waals surface area contributed by atoms with Gasteiger partial charge in [0.15, 0.2) is 11.7 Å². The van der Waals surface area contributed by atoms with Crippen molar-refractivity contribution in [2.24, 2.45) is 4.99 Å². The minimum Gasteiger partial charge on any atom is -0.359 e. The fourth-order valence-corrected chi connectivity index (χ4v) is 1.87. The van der Waals surface area contributed by atoms with Crippen molar-refractivity contribution in [2.45, 2.75) is 39.2 Å². The van der Waals surface area contributed by atoms with Crippen LogP contribution in [0.25, 0.3) is 0 Å². The van der Waals surface area contributed by atoms with Crippen LogP contribution < -0.4 is 10.6 Å². The summed E-state index contributed by atoms with van der Waals surface area (Å²) in [5, 5.41) is 10.4. The Morgan fingerprint density at radius 2 is 2.21 bits per heavy atom. The maximum Gasteiger partial charge on any atom is 0.191 e. The van der Waals surface area contributed by atoms with Gasteiger partial charge in [0.25, 0.3) is 0 Å². The smallest absolute Gasteiger partial charge is 0.191 e. The van der Waals surface area contributed by atoms with E-state index in [0.717, 1.165) is 30.3 Å². The van der Waals surface area contributed by atoms with Crippen LogP contribution in [0.1, 0.15) is 44.1 Å². The van der Waals surface area contributed by atoms with Gasteiger partial charge in [-0.2, -0.15) is 0 Å². The van der Waals surface area contributed by atoms with E-state index in [1.54, 1.807) is 13.1 Å². The predicted molar refractivity (Wildman–Crippen MR) is 78.2 cm³/mol. The summed E-state index contributed by atoms with van der Waals surface area (Å²) < 4.78 is 5.33. The van der Waals surface area contributed by atoms with Gasteiger partial charge in [-0.25, -0.2) is 0 Å². The molecule has 1 rings (SSSR count). The minimum absolute atomic E-state index is 0.482. The second-order valence-corrected chi connectivity index (χ2v) is 4.33. The quantitative estimate of drug-likeness (QED) is 0.451. The predicted octanol–water partition coefficient (Wildman–Crippen LogP) is 2.43. The zero-order valence-corrected chi connectivity index (χ0v) is 12.1. The maximum atomic E-state index is 5.33. The largest absolute Gasteiger partial charge is 0.359 e. The molecule has 0 saturated heterocycles. The third-order valence-corrected chi connectivity index (χ3v) is 3.05. The molecule has 1 heterocycles. The minimum atomic E-state index is 0.482. The summed E-state index contributed by atoms with van der Waals surface area (Å²) in [5.41, 5.74) is 1.04. The number of guanidine groups is 1. The van der Waals surface area contributed by atoms with Crippen molar-refractivity contribution in [2.75, 3.05) is 13.6 Å². The molecule has 0 atom stereocenters. The summed E-state index contributed by atoms with van der Waals surface area (Å²) in [5.74, 6) is 2.03. The average Bonchev–Trinajstić information content (AvgIpc) is 2.89. The van der Waals surface area contributed by atoms with Gasteiger partial charge in [0.05, 0.1) is 12.2 Å². The van der Waals surface area contributed by atoms with Crippen LogP contribution in [0.3, 0.4) is 0 Å². The van der Waals surface area contributed by atoms with E-state index in [2.05, 4.69) is 41.2 Å². The van der Waals surface area contributed by atoms with Crippen molar-refractivity contribution in [1.82, 2.24) is 15.8 Å². The van der Waals surface area contributed by atoms with Gasteiger partial charge in [0.2, 0.25) is 0 Å². The summed E-state index contributed by atoms with van der Waals surface area (Å²) >= 11 is 0. The molecule has 2 N–H and O–H groups in total. The Kier molecular flexibility index (Phi) is 6.71. The van der Waals surface area contributed by atoms with E-state index in [4.69, 9.17) is 4.52 Å². The molecule has 1 aromatic heterocycles. The highest BCUT2D eigenvalue weighted by Crippen LogP contribution is 2.22. The molecular weight excluding hydrogens is 240 g/mol. The highest BCUT2D eigenvalue weighted by Gasteiger charge is 2.12. The molecule has 19 heavy (non-hydrogen) atoms. The van der Waals surface area contributed by atoms with Gasteiger partial charge in [0.1, 0.15) is 0 Å². The second-order valence-electron chi connectivity index (χ2n) is 4.33. The molecule has 5 heteroatoms. The Hall–Kier alpha value is -1.78. The summed E-state index contributed by atoms with van der Waals surface area (Å²) in [6.45, 7) is 9.24. The molecule has 0 aliphatic carbocycles. The molecule has 0 unspecified atom stereocenters. The number of aromatic nitrogens is 1. The first kappa shape index (κ1) is 15.3. The Bertz CT molecular complexity index is 407. The first-order valence-corrected chi connectivity index (χ1v) is 6.76. The lowest BCUT2D eigenvalue weighted by molar-refractivity contribution is 0.368. The van der Waals surface area contributed by atoms with Gasteiger partial charge in [-0.15, -0.1) is 6.58 Å². The highest BCUT2D eigenvalue weighted by molar-refractivity contribution is 5.79. The van der Waals surface area contributed by atoms with Crippen molar-refractivity contribution in [3.63, 3.8) is 0 Å². The van der Waals surface area contributed by atoms with Gasteiger partial charge in [-0.1, -0.05) is 25.1 Å². The lowest BCUT2D eigenvalue weighted by Gasteiger charge is -2.08. The Morgan fingerprint density at radius 1 is 1.47 bits per heavy atom. The molecule has 0 aliphatic rings. The second kappa shape index (κ2) is 8.34. The van der Waals surface area contributed by atoms with Crippen molar-refractivity contribution in [1.29, 1.82) is 0 Å². The average molecular weight is 264 g/mol. The molecule has 1 aromatic rings. The number of nitrogens with one attached hydrogen (secondary N) is 2. The van der Waals surface area contributed by atoms with Crippen LogP contribution >= 0.6 is 0 Å². The van der Waals surface area contributed by atoms with Gasteiger partial charge >= 0.3 is 0 Å². The van der Waals surface area contributed by atoms with E-state index in [1.807, 2.05) is 6.07 Å². The van der Waals surface area contributed by atoms with Crippen LogP contribution in [-0.2, 0) is 6.54 Å². The van der Waals surface area contributed by atoms with Crippen molar-refractivity contribution in [3.8, 4) is 0 Å². The van der Waals surface area contributed by atoms with Crippen LogP contribution in [0.4, 0.5) is 0 Å². The third kappa shape index (κ3) is 4.77. The summed E-state index contributed by atoms with van der Waals surface area (Å²) in [6, 6.07) is 2.02. The van der Waals surface area contributed by atoms with Crippen LogP contribution in [-0.4, -0.2) is 24.7 Å². The molecule has 5 nitrogen and oxygen atoms in total. The Balaban J connectivity index is 2.51. The fourth-order valence-electron chi connectivity index (χ4n) is 1.87. The van der Waals surface area contributed by atoms with E-state index < -0.39 is 0 Å². The van der Waals surface area contributed by atoms with E-state index in [-0.39, 0.29) is 0 Å². The molecule has 0 aliphatic heterocycles. The number of hydrogen-bond donors (Lipinski definition) is 2. The maximum absolute atomic E-state index is 5.33. The Morgan fingerprint density at radius 3 is 2.79 bits per heavy atom. The van der Waals surface area contributed by atoms with E-state index in [1.165, 1.54) is 0 Å². The summed E-state index contributed by atoms with van der Waals surface area (Å²) in [6.07, 6.45) is 3.95.